The van der Waals surface area contributed by atoms with Gasteiger partial charge < -0.3 is 34.5 Å². The molecule has 4 atom stereocenters. The van der Waals surface area contributed by atoms with Crippen LogP contribution in [0.4, 0.5) is 17.1 Å². The lowest BCUT2D eigenvalue weighted by Crippen LogP contribution is -2.55. The standard InChI is InChI=1S/C41H51N7O6Si/c1-28-37(55(3,4)52)36(15-21-45-26-30(16-22-49)43-44-45)54-41(28)34-24-33(53-2)13-14-35(34)46(39(41)51)25-29-9-8-12-32(23-29)47-27-48(31-10-6-5-7-11-31)40(38(47)50)17-19-42-20-18-40/h5-14,23-24,26,28,36-37,42,49,52H,15-22,25,27H2,1-4H3/t28-,36+,37-,41+/m1/s1. The summed E-state index contributed by atoms with van der Waals surface area (Å²) in [7, 11) is -1.28. The Morgan fingerprint density at radius 2 is 1.76 bits per heavy atom. The zero-order valence-electron chi connectivity index (χ0n) is 32.0. The van der Waals surface area contributed by atoms with Crippen molar-refractivity contribution in [1.82, 2.24) is 20.3 Å². The third-order valence-corrected chi connectivity index (χ3v) is 14.8. The number of benzene rings is 3. The number of amides is 2. The number of aryl methyl sites for hydroxylation is 1. The Labute approximate surface area is 323 Å². The fourth-order valence-corrected chi connectivity index (χ4v) is 12.3. The van der Waals surface area contributed by atoms with E-state index in [1.165, 1.54) is 0 Å². The Balaban J connectivity index is 1.10. The summed E-state index contributed by atoms with van der Waals surface area (Å²) in [5.41, 5.74) is 2.67. The van der Waals surface area contributed by atoms with Crippen LogP contribution < -0.4 is 24.8 Å². The van der Waals surface area contributed by atoms with Gasteiger partial charge in [-0.15, -0.1) is 5.10 Å². The molecule has 5 heterocycles. The van der Waals surface area contributed by atoms with Crippen LogP contribution in [0.1, 0.15) is 43.0 Å². The number of fused-ring (bicyclic) bond motifs is 2. The number of carbonyl (C=O) groups is 2. The molecule has 0 radical (unpaired) electrons. The van der Waals surface area contributed by atoms with Crippen molar-refractivity contribution < 1.29 is 29.0 Å². The summed E-state index contributed by atoms with van der Waals surface area (Å²) in [6.07, 6.45) is 3.78. The van der Waals surface area contributed by atoms with Gasteiger partial charge in [0, 0.05) is 54.2 Å². The highest BCUT2D eigenvalue weighted by Gasteiger charge is 2.66. The number of carbonyl (C=O) groups excluding carboxylic acids is 2. The first-order valence-corrected chi connectivity index (χ1v) is 22.4. The summed E-state index contributed by atoms with van der Waals surface area (Å²) >= 11 is 0. The van der Waals surface area contributed by atoms with Gasteiger partial charge in [0.1, 0.15) is 11.3 Å². The molecular weight excluding hydrogens is 715 g/mol. The van der Waals surface area contributed by atoms with Gasteiger partial charge in [-0.3, -0.25) is 19.2 Å². The molecule has 3 saturated heterocycles. The van der Waals surface area contributed by atoms with Crippen molar-refractivity contribution in [2.45, 2.75) is 81.6 Å². The summed E-state index contributed by atoms with van der Waals surface area (Å²) < 4.78 is 14.5. The maximum absolute atomic E-state index is 15.1. The summed E-state index contributed by atoms with van der Waals surface area (Å²) in [5.74, 6) is 0.200. The van der Waals surface area contributed by atoms with Crippen molar-refractivity contribution in [1.29, 1.82) is 0 Å². The Bertz CT molecular complexity index is 2050. The van der Waals surface area contributed by atoms with Gasteiger partial charge in [0.15, 0.2) is 13.9 Å². The average molecular weight is 766 g/mol. The molecule has 2 spiro atoms. The van der Waals surface area contributed by atoms with Gasteiger partial charge in [0.25, 0.3) is 11.8 Å². The van der Waals surface area contributed by atoms with E-state index in [0.717, 1.165) is 54.1 Å². The zero-order chi connectivity index (χ0) is 38.5. The summed E-state index contributed by atoms with van der Waals surface area (Å²) in [4.78, 5) is 47.3. The lowest BCUT2D eigenvalue weighted by atomic mass is 9.82. The predicted molar refractivity (Wildman–Crippen MR) is 211 cm³/mol. The van der Waals surface area contributed by atoms with Crippen molar-refractivity contribution in [3.05, 3.63) is 95.8 Å². The summed E-state index contributed by atoms with van der Waals surface area (Å²) in [6, 6.07) is 23.8. The molecule has 4 aliphatic heterocycles. The largest absolute Gasteiger partial charge is 0.497 e. The first-order chi connectivity index (χ1) is 26.5. The molecule has 3 N–H and O–H groups in total. The van der Waals surface area contributed by atoms with E-state index in [0.29, 0.717) is 37.5 Å². The van der Waals surface area contributed by atoms with Gasteiger partial charge in [-0.25, -0.2) is 0 Å². The van der Waals surface area contributed by atoms with Crippen molar-refractivity contribution in [3.63, 3.8) is 0 Å². The molecule has 0 bridgehead atoms. The highest BCUT2D eigenvalue weighted by molar-refractivity contribution is 6.71. The van der Waals surface area contributed by atoms with Gasteiger partial charge in [-0.1, -0.05) is 42.5 Å². The molecule has 0 unspecified atom stereocenters. The van der Waals surface area contributed by atoms with E-state index >= 15 is 4.79 Å². The number of para-hydroxylation sites is 1. The Morgan fingerprint density at radius 3 is 2.49 bits per heavy atom. The summed E-state index contributed by atoms with van der Waals surface area (Å²) in [5, 5.41) is 21.2. The van der Waals surface area contributed by atoms with Gasteiger partial charge >= 0.3 is 0 Å². The zero-order valence-corrected chi connectivity index (χ0v) is 33.0. The van der Waals surface area contributed by atoms with Crippen LogP contribution in [0.15, 0.2) is 79.0 Å². The molecule has 1 aromatic heterocycles. The first kappa shape index (κ1) is 37.3. The molecule has 0 saturated carbocycles. The highest BCUT2D eigenvalue weighted by atomic mass is 28.4. The quantitative estimate of drug-likeness (QED) is 0.190. The minimum atomic E-state index is -2.89. The minimum Gasteiger partial charge on any atom is -0.497 e. The lowest BCUT2D eigenvalue weighted by Gasteiger charge is -2.39. The van der Waals surface area contributed by atoms with Crippen LogP contribution in [0.25, 0.3) is 0 Å². The second-order valence-corrected chi connectivity index (χ2v) is 19.9. The van der Waals surface area contributed by atoms with Crippen molar-refractivity contribution >= 4 is 37.2 Å². The Kier molecular flexibility index (Phi) is 9.83. The van der Waals surface area contributed by atoms with E-state index in [2.05, 4.69) is 32.7 Å². The average Bonchev–Trinajstić information content (AvgIpc) is 3.90. The molecule has 3 aromatic carbocycles. The van der Waals surface area contributed by atoms with Gasteiger partial charge in [-0.05, 0) is 93.5 Å². The molecule has 3 fully saturated rings. The van der Waals surface area contributed by atoms with E-state index < -0.39 is 25.6 Å². The first-order valence-electron chi connectivity index (χ1n) is 19.3. The van der Waals surface area contributed by atoms with E-state index in [1.807, 2.05) is 91.8 Å². The van der Waals surface area contributed by atoms with Crippen LogP contribution in [-0.4, -0.2) is 90.1 Å². The number of rotatable bonds is 11. The molecule has 2 amide bonds. The molecule has 4 aliphatic rings. The Hall–Kier alpha value is -4.60. The molecule has 13 nitrogen and oxygen atoms in total. The highest BCUT2D eigenvalue weighted by Crippen LogP contribution is 2.60. The summed E-state index contributed by atoms with van der Waals surface area (Å²) in [6.45, 7) is 8.59. The van der Waals surface area contributed by atoms with E-state index in [1.54, 1.807) is 16.7 Å². The van der Waals surface area contributed by atoms with E-state index in [9.17, 15) is 14.7 Å². The molecule has 14 heteroatoms. The number of piperidine rings is 1. The predicted octanol–water partition coefficient (Wildman–Crippen LogP) is 4.19. The van der Waals surface area contributed by atoms with Crippen LogP contribution in [0.2, 0.25) is 18.6 Å². The normalized spacial score (nSPS) is 24.8. The molecule has 290 valence electrons. The van der Waals surface area contributed by atoms with Crippen molar-refractivity contribution in [2.24, 2.45) is 5.92 Å². The van der Waals surface area contributed by atoms with Crippen LogP contribution >= 0.6 is 0 Å². The number of aromatic nitrogens is 3. The van der Waals surface area contributed by atoms with Gasteiger partial charge in [-0.2, -0.15) is 0 Å². The smallest absolute Gasteiger partial charge is 0.264 e. The maximum Gasteiger partial charge on any atom is 0.264 e. The van der Waals surface area contributed by atoms with E-state index in [-0.39, 0.29) is 36.4 Å². The van der Waals surface area contributed by atoms with Gasteiger partial charge in [0.05, 0.1) is 37.8 Å². The molecular formula is C41H51N7O6Si. The lowest BCUT2D eigenvalue weighted by molar-refractivity contribution is -0.146. The van der Waals surface area contributed by atoms with Crippen molar-refractivity contribution in [2.75, 3.05) is 48.2 Å². The third-order valence-electron chi connectivity index (χ3n) is 12.3. The number of nitrogens with zero attached hydrogens (tertiary/aromatic N) is 6. The number of aliphatic hydroxyl groups is 1. The molecule has 8 rings (SSSR count). The van der Waals surface area contributed by atoms with Crippen LogP contribution in [0.3, 0.4) is 0 Å². The fraction of sp³-hybridized carbons (Fsp3) is 0.463. The number of nitrogens with one attached hydrogen (secondary N) is 1. The molecule has 0 aliphatic carbocycles. The van der Waals surface area contributed by atoms with Crippen LogP contribution in [-0.2, 0) is 39.4 Å². The second kappa shape index (κ2) is 14.5. The SMILES string of the molecule is COc1ccc2c(c1)[C@]1(O[C@@H](CCn3cc(CCO)nn3)[C@H]([Si](C)(C)O)[C@H]1C)C(=O)N2Cc1cccc(N2CN(c3ccccc3)C3(CCNCC3)C2=O)c1. The number of hydrogen-bond acceptors (Lipinski definition) is 10. The van der Waals surface area contributed by atoms with Crippen LogP contribution in [0, 0.1) is 5.92 Å². The third kappa shape index (κ3) is 6.33. The molecule has 55 heavy (non-hydrogen) atoms. The van der Waals surface area contributed by atoms with Crippen LogP contribution in [0.5, 0.6) is 5.75 Å². The minimum absolute atomic E-state index is 0.00945. The number of aliphatic hydroxyl groups excluding tert-OH is 1. The fourth-order valence-electron chi connectivity index (χ4n) is 9.72. The Morgan fingerprint density at radius 1 is 1.00 bits per heavy atom. The van der Waals surface area contributed by atoms with E-state index in [4.69, 9.17) is 9.47 Å². The number of hydrogen-bond donors (Lipinski definition) is 3. The number of methoxy groups -OCH3 is 1. The second-order valence-electron chi connectivity index (χ2n) is 16.0. The van der Waals surface area contributed by atoms with Gasteiger partial charge in [0.2, 0.25) is 0 Å². The number of anilines is 3. The number of ether oxygens (including phenoxy) is 2. The maximum atomic E-state index is 15.1. The monoisotopic (exact) mass is 765 g/mol. The van der Waals surface area contributed by atoms with Crippen molar-refractivity contribution in [3.8, 4) is 5.75 Å². The topological polar surface area (TPSA) is 146 Å². The molecule has 4 aromatic rings.